The molecule has 1 aromatic carbocycles. The van der Waals surface area contributed by atoms with Crippen molar-refractivity contribution in [3.63, 3.8) is 0 Å². The Labute approximate surface area is 131 Å². The first-order chi connectivity index (χ1) is 10.5. The van der Waals surface area contributed by atoms with Gasteiger partial charge in [0.05, 0.1) is 0 Å². The van der Waals surface area contributed by atoms with E-state index in [9.17, 15) is 9.59 Å². The largest absolute Gasteiger partial charge is 0.453 e. The monoisotopic (exact) mass is 313 g/mol. The molecule has 0 bridgehead atoms. The number of H-pyrrole nitrogens is 1. The summed E-state index contributed by atoms with van der Waals surface area (Å²) in [4.78, 5) is 29.2. The molecule has 0 aliphatic carbocycles. The molecular weight excluding hydrogens is 298 g/mol. The minimum atomic E-state index is -0.519. The Kier molecular flexibility index (Phi) is 3.81. The van der Waals surface area contributed by atoms with Crippen LogP contribution in [0, 0.1) is 13.8 Å². The number of carbonyl (C=O) groups is 2. The summed E-state index contributed by atoms with van der Waals surface area (Å²) >= 11 is 1.56. The Hall–Kier alpha value is -2.40. The zero-order valence-electron chi connectivity index (χ0n) is 12.3. The highest BCUT2D eigenvalue weighted by molar-refractivity contribution is 7.12. The number of hydrogen-bond donors (Lipinski definition) is 1. The number of para-hydroxylation sites is 1. The van der Waals surface area contributed by atoms with Crippen molar-refractivity contribution in [2.45, 2.75) is 13.8 Å². The van der Waals surface area contributed by atoms with Gasteiger partial charge in [-0.1, -0.05) is 18.2 Å². The second-order valence-corrected chi connectivity index (χ2v) is 6.56. The highest BCUT2D eigenvalue weighted by atomic mass is 32.1. The van der Waals surface area contributed by atoms with Crippen LogP contribution in [-0.4, -0.2) is 23.3 Å². The zero-order chi connectivity index (χ0) is 15.7. The van der Waals surface area contributed by atoms with Crippen LogP contribution in [-0.2, 0) is 4.74 Å². The van der Waals surface area contributed by atoms with E-state index in [1.807, 2.05) is 44.2 Å². The second-order valence-electron chi connectivity index (χ2n) is 5.10. The maximum atomic E-state index is 12.1. The molecule has 4 nitrogen and oxygen atoms in total. The number of carbonyl (C=O) groups excluding carboxylic acids is 2. The standard InChI is InChI=1S/C17H15NO3S/c1-10-7-13(11(2)22-10)16(19)9-21-17(20)15-8-12-5-3-4-6-14(12)18-15/h3-8,18H,9H2,1-2H3. The average molecular weight is 313 g/mol. The molecule has 0 amide bonds. The summed E-state index contributed by atoms with van der Waals surface area (Å²) in [5.74, 6) is -0.694. The van der Waals surface area contributed by atoms with Crippen molar-refractivity contribution in [2.24, 2.45) is 0 Å². The van der Waals surface area contributed by atoms with E-state index in [4.69, 9.17) is 4.74 Å². The Morgan fingerprint density at radius 1 is 1.18 bits per heavy atom. The highest BCUT2D eigenvalue weighted by Crippen LogP contribution is 2.21. The number of fused-ring (bicyclic) bond motifs is 1. The molecule has 0 saturated carbocycles. The summed E-state index contributed by atoms with van der Waals surface area (Å²) in [5.41, 5.74) is 1.85. The third-order valence-corrected chi connectivity index (χ3v) is 4.39. The molecule has 3 rings (SSSR count). The molecule has 0 atom stereocenters. The Balaban J connectivity index is 1.69. The predicted octanol–water partition coefficient (Wildman–Crippen LogP) is 3.89. The number of ether oxygens (including phenoxy) is 1. The topological polar surface area (TPSA) is 59.2 Å². The summed E-state index contributed by atoms with van der Waals surface area (Å²) < 4.78 is 5.12. The molecule has 5 heteroatoms. The van der Waals surface area contributed by atoms with Gasteiger partial charge >= 0.3 is 5.97 Å². The number of ketones is 1. The van der Waals surface area contributed by atoms with Gasteiger partial charge in [-0.2, -0.15) is 0 Å². The van der Waals surface area contributed by atoms with Gasteiger partial charge in [-0.3, -0.25) is 4.79 Å². The number of aryl methyl sites for hydroxylation is 2. The van der Waals surface area contributed by atoms with Crippen molar-refractivity contribution >= 4 is 34.0 Å². The van der Waals surface area contributed by atoms with Crippen LogP contribution >= 0.6 is 11.3 Å². The van der Waals surface area contributed by atoms with Crippen molar-refractivity contribution in [3.8, 4) is 0 Å². The highest BCUT2D eigenvalue weighted by Gasteiger charge is 2.16. The van der Waals surface area contributed by atoms with Gasteiger partial charge in [0.2, 0.25) is 5.78 Å². The van der Waals surface area contributed by atoms with E-state index < -0.39 is 5.97 Å². The van der Waals surface area contributed by atoms with E-state index in [1.165, 1.54) is 0 Å². The number of nitrogens with one attached hydrogen (secondary N) is 1. The summed E-state index contributed by atoms with van der Waals surface area (Å²) in [5, 5.41) is 0.935. The maximum Gasteiger partial charge on any atom is 0.355 e. The molecule has 0 saturated heterocycles. The SMILES string of the molecule is Cc1cc(C(=O)COC(=O)c2cc3ccccc3[nH]2)c(C)s1. The van der Waals surface area contributed by atoms with Gasteiger partial charge < -0.3 is 9.72 Å². The van der Waals surface area contributed by atoms with Crippen LogP contribution < -0.4 is 0 Å². The molecule has 3 aromatic rings. The van der Waals surface area contributed by atoms with Crippen LogP contribution in [0.4, 0.5) is 0 Å². The quantitative estimate of drug-likeness (QED) is 0.587. The van der Waals surface area contributed by atoms with Crippen molar-refractivity contribution in [1.82, 2.24) is 4.98 Å². The summed E-state index contributed by atoms with van der Waals surface area (Å²) in [7, 11) is 0. The maximum absolute atomic E-state index is 12.1. The van der Waals surface area contributed by atoms with Crippen LogP contribution in [0.1, 0.15) is 30.6 Å². The number of rotatable bonds is 4. The van der Waals surface area contributed by atoms with Gasteiger partial charge in [0.25, 0.3) is 0 Å². The molecule has 0 spiro atoms. The Morgan fingerprint density at radius 2 is 1.95 bits per heavy atom. The lowest BCUT2D eigenvalue weighted by Crippen LogP contribution is -2.14. The molecule has 2 aromatic heterocycles. The van der Waals surface area contributed by atoms with Gasteiger partial charge in [-0.25, -0.2) is 4.79 Å². The van der Waals surface area contributed by atoms with Crippen molar-refractivity contribution in [1.29, 1.82) is 0 Å². The summed E-state index contributed by atoms with van der Waals surface area (Å²) in [6.45, 7) is 3.60. The molecule has 1 N–H and O–H groups in total. The first-order valence-corrected chi connectivity index (χ1v) is 7.71. The number of esters is 1. The minimum Gasteiger partial charge on any atom is -0.453 e. The smallest absolute Gasteiger partial charge is 0.355 e. The number of aromatic amines is 1. The lowest BCUT2D eigenvalue weighted by Gasteiger charge is -2.02. The van der Waals surface area contributed by atoms with E-state index in [0.717, 1.165) is 20.7 Å². The first kappa shape index (κ1) is 14.5. The third-order valence-electron chi connectivity index (χ3n) is 3.43. The second kappa shape index (κ2) is 5.77. The van der Waals surface area contributed by atoms with Gasteiger partial charge in [0.15, 0.2) is 6.61 Å². The van der Waals surface area contributed by atoms with Crippen LogP contribution in [0.25, 0.3) is 10.9 Å². The number of benzene rings is 1. The molecule has 0 unspecified atom stereocenters. The Bertz CT molecular complexity index is 827. The molecular formula is C17H15NO3S. The van der Waals surface area contributed by atoms with Crippen LogP contribution in [0.15, 0.2) is 36.4 Å². The number of aromatic nitrogens is 1. The molecule has 0 aliphatic heterocycles. The summed E-state index contributed by atoms with van der Waals surface area (Å²) in [6, 6.07) is 11.1. The average Bonchev–Trinajstić information content (AvgIpc) is 3.07. The fraction of sp³-hybridized carbons (Fsp3) is 0.176. The van der Waals surface area contributed by atoms with Crippen molar-refractivity contribution in [3.05, 3.63) is 57.4 Å². The predicted molar refractivity (Wildman–Crippen MR) is 86.7 cm³/mol. The zero-order valence-corrected chi connectivity index (χ0v) is 13.1. The number of thiophene rings is 1. The van der Waals surface area contributed by atoms with E-state index in [-0.39, 0.29) is 12.4 Å². The molecule has 0 fully saturated rings. The lowest BCUT2D eigenvalue weighted by atomic mass is 10.2. The molecule has 0 aliphatic rings. The van der Waals surface area contributed by atoms with Gasteiger partial charge in [-0.05, 0) is 32.0 Å². The summed E-state index contributed by atoms with van der Waals surface area (Å²) in [6.07, 6.45) is 0. The van der Waals surface area contributed by atoms with E-state index >= 15 is 0 Å². The Morgan fingerprint density at radius 3 is 2.64 bits per heavy atom. The fourth-order valence-electron chi connectivity index (χ4n) is 2.38. The lowest BCUT2D eigenvalue weighted by molar-refractivity contribution is 0.0470. The molecule has 22 heavy (non-hydrogen) atoms. The molecule has 2 heterocycles. The normalized spacial score (nSPS) is 10.8. The third kappa shape index (κ3) is 2.80. The minimum absolute atomic E-state index is 0.175. The van der Waals surface area contributed by atoms with Gasteiger partial charge in [0.1, 0.15) is 5.69 Å². The van der Waals surface area contributed by atoms with Gasteiger partial charge in [-0.15, -0.1) is 11.3 Å². The van der Waals surface area contributed by atoms with E-state index in [0.29, 0.717) is 11.3 Å². The van der Waals surface area contributed by atoms with Crippen LogP contribution in [0.3, 0.4) is 0 Å². The van der Waals surface area contributed by atoms with Gasteiger partial charge in [0, 0.05) is 26.2 Å². The first-order valence-electron chi connectivity index (χ1n) is 6.89. The van der Waals surface area contributed by atoms with Crippen molar-refractivity contribution in [2.75, 3.05) is 6.61 Å². The van der Waals surface area contributed by atoms with Crippen LogP contribution in [0.5, 0.6) is 0 Å². The van der Waals surface area contributed by atoms with E-state index in [2.05, 4.69) is 4.98 Å². The molecule has 112 valence electrons. The molecule has 0 radical (unpaired) electrons. The number of Topliss-reactive ketones (excluding diaryl/α,β-unsaturated/α-hetero) is 1. The van der Waals surface area contributed by atoms with Crippen LogP contribution in [0.2, 0.25) is 0 Å². The van der Waals surface area contributed by atoms with Crippen molar-refractivity contribution < 1.29 is 14.3 Å². The number of hydrogen-bond acceptors (Lipinski definition) is 4. The fourth-order valence-corrected chi connectivity index (χ4v) is 3.32. The van der Waals surface area contributed by atoms with E-state index in [1.54, 1.807) is 17.4 Å².